The number of morpholine rings is 1. The number of nitrogens with one attached hydrogen (secondary N) is 2. The summed E-state index contributed by atoms with van der Waals surface area (Å²) in [4.78, 5) is 40.6. The fraction of sp³-hybridized carbons (Fsp3) is 0.786. The van der Waals surface area contributed by atoms with E-state index in [1.807, 2.05) is 21.6 Å². The molecule has 2 saturated heterocycles. The first-order valence-electron chi connectivity index (χ1n) is 13.7. The number of carbonyl (C=O) groups excluding carboxylic acids is 2. The Hall–Kier alpha value is -1.91. The van der Waals surface area contributed by atoms with Crippen molar-refractivity contribution in [3.05, 3.63) is 17.6 Å². The molecule has 0 unspecified atom stereocenters. The second-order valence-corrected chi connectivity index (χ2v) is 12.8. The van der Waals surface area contributed by atoms with Gasteiger partial charge >= 0.3 is 0 Å². The van der Waals surface area contributed by atoms with Gasteiger partial charge in [-0.15, -0.1) is 0 Å². The van der Waals surface area contributed by atoms with Crippen molar-refractivity contribution in [2.24, 2.45) is 11.8 Å². The molecule has 2 atom stereocenters. The molecule has 0 aromatic carbocycles. The van der Waals surface area contributed by atoms with Crippen molar-refractivity contribution in [1.82, 2.24) is 25.1 Å². The van der Waals surface area contributed by atoms with Crippen molar-refractivity contribution in [1.29, 1.82) is 0 Å². The quantitative estimate of drug-likeness (QED) is 0.427. The molecule has 216 valence electrons. The molecule has 3 rings (SSSR count). The lowest BCUT2D eigenvalue weighted by Crippen LogP contribution is -2.56. The van der Waals surface area contributed by atoms with Crippen molar-refractivity contribution >= 4 is 29.4 Å². The van der Waals surface area contributed by atoms with Crippen LogP contribution in [0.5, 0.6) is 0 Å². The predicted octanol–water partition coefficient (Wildman–Crippen LogP) is 3.51. The number of thioether (sulfide) groups is 1. The SMILES string of the molecule is C.CCSCCNc1nc(C(C)(C)C)ncc1C(=O)N(CC(C)C)[C@@H]1CNC[C@H](C(=O)N2CCOCC2)C1. The summed E-state index contributed by atoms with van der Waals surface area (Å²) in [6.07, 6.45) is 2.34. The molecule has 2 aliphatic rings. The molecule has 2 N–H and O–H groups in total. The molecule has 2 aliphatic heterocycles. The van der Waals surface area contributed by atoms with E-state index >= 15 is 0 Å². The second-order valence-electron chi connectivity index (χ2n) is 11.4. The minimum atomic E-state index is -0.228. The molecule has 0 radical (unpaired) electrons. The third-order valence-electron chi connectivity index (χ3n) is 6.70. The van der Waals surface area contributed by atoms with Crippen molar-refractivity contribution in [2.75, 3.05) is 69.3 Å². The molecule has 3 heterocycles. The monoisotopic (exact) mass is 550 g/mol. The third kappa shape index (κ3) is 8.81. The number of rotatable bonds is 10. The smallest absolute Gasteiger partial charge is 0.259 e. The van der Waals surface area contributed by atoms with Crippen LogP contribution in [0.25, 0.3) is 0 Å². The number of carbonyl (C=O) groups is 2. The number of aromatic nitrogens is 2. The van der Waals surface area contributed by atoms with Crippen LogP contribution in [0, 0.1) is 11.8 Å². The number of hydrogen-bond donors (Lipinski definition) is 2. The Balaban J connectivity index is 0.00000507. The maximum absolute atomic E-state index is 14.1. The Morgan fingerprint density at radius 2 is 1.97 bits per heavy atom. The van der Waals surface area contributed by atoms with Gasteiger partial charge in [-0.3, -0.25) is 9.59 Å². The summed E-state index contributed by atoms with van der Waals surface area (Å²) in [5, 5.41) is 6.85. The van der Waals surface area contributed by atoms with Crippen molar-refractivity contribution in [3.63, 3.8) is 0 Å². The standard InChI is InChI=1S/C27H46N6O3S.CH4/c1-7-37-13-8-29-23-22(17-30-26(31-23)27(4,5)6)25(35)33(18-19(2)3)21-14-20(15-28-16-21)24(34)32-9-11-36-12-10-32;/h17,19-21,28H,7-16,18H2,1-6H3,(H,29,30,31);1H4/t20-,21+;/m1./s1. The highest BCUT2D eigenvalue weighted by molar-refractivity contribution is 7.99. The summed E-state index contributed by atoms with van der Waals surface area (Å²) in [6.45, 7) is 17.7. The van der Waals surface area contributed by atoms with E-state index in [-0.39, 0.29) is 42.5 Å². The molecule has 2 amide bonds. The van der Waals surface area contributed by atoms with E-state index in [9.17, 15) is 9.59 Å². The van der Waals surface area contributed by atoms with E-state index in [1.54, 1.807) is 6.20 Å². The first-order chi connectivity index (χ1) is 17.6. The summed E-state index contributed by atoms with van der Waals surface area (Å²) in [6, 6.07) is -0.0792. The van der Waals surface area contributed by atoms with Crippen LogP contribution >= 0.6 is 11.8 Å². The minimum Gasteiger partial charge on any atom is -0.378 e. The molecule has 0 bridgehead atoms. The highest BCUT2D eigenvalue weighted by Gasteiger charge is 2.36. The van der Waals surface area contributed by atoms with E-state index < -0.39 is 0 Å². The van der Waals surface area contributed by atoms with E-state index in [1.165, 1.54) is 0 Å². The van der Waals surface area contributed by atoms with E-state index in [2.05, 4.69) is 57.2 Å². The Bertz CT molecular complexity index is 901. The molecule has 38 heavy (non-hydrogen) atoms. The van der Waals surface area contributed by atoms with Crippen LogP contribution in [-0.4, -0.2) is 102 Å². The summed E-state index contributed by atoms with van der Waals surface area (Å²) < 4.78 is 5.42. The Kier molecular flexibility index (Phi) is 12.8. The van der Waals surface area contributed by atoms with Gasteiger partial charge in [-0.05, 0) is 18.1 Å². The predicted molar refractivity (Wildman–Crippen MR) is 157 cm³/mol. The zero-order valence-corrected chi connectivity index (χ0v) is 24.3. The van der Waals surface area contributed by atoms with Gasteiger partial charge in [0.1, 0.15) is 17.2 Å². The lowest BCUT2D eigenvalue weighted by molar-refractivity contribution is -0.140. The number of nitrogens with zero attached hydrogens (tertiary/aromatic N) is 4. The van der Waals surface area contributed by atoms with Crippen LogP contribution in [0.2, 0.25) is 0 Å². The maximum Gasteiger partial charge on any atom is 0.259 e. The summed E-state index contributed by atoms with van der Waals surface area (Å²) in [7, 11) is 0. The van der Waals surface area contributed by atoms with E-state index in [4.69, 9.17) is 9.72 Å². The molecule has 0 aliphatic carbocycles. The molecule has 2 fully saturated rings. The van der Waals surface area contributed by atoms with Gasteiger partial charge in [0.05, 0.1) is 19.1 Å². The number of ether oxygens (including phenoxy) is 1. The summed E-state index contributed by atoms with van der Waals surface area (Å²) in [5.41, 5.74) is 0.269. The zero-order valence-electron chi connectivity index (χ0n) is 23.5. The molecule has 0 saturated carbocycles. The van der Waals surface area contributed by atoms with Gasteiger partial charge in [-0.2, -0.15) is 11.8 Å². The van der Waals surface area contributed by atoms with Crippen LogP contribution in [0.4, 0.5) is 5.82 Å². The van der Waals surface area contributed by atoms with Crippen molar-refractivity contribution < 1.29 is 14.3 Å². The minimum absolute atomic E-state index is 0. The van der Waals surface area contributed by atoms with Gasteiger partial charge in [0.2, 0.25) is 5.91 Å². The number of piperidine rings is 1. The Morgan fingerprint density at radius 1 is 1.26 bits per heavy atom. The molecule has 9 nitrogen and oxygen atoms in total. The fourth-order valence-corrected chi connectivity index (χ4v) is 5.29. The highest BCUT2D eigenvalue weighted by Crippen LogP contribution is 2.26. The van der Waals surface area contributed by atoms with Crippen molar-refractivity contribution in [3.8, 4) is 0 Å². The molecule has 0 spiro atoms. The van der Waals surface area contributed by atoms with Crippen LogP contribution in [0.3, 0.4) is 0 Å². The van der Waals surface area contributed by atoms with Crippen LogP contribution in [0.15, 0.2) is 6.20 Å². The lowest BCUT2D eigenvalue weighted by Gasteiger charge is -2.40. The first kappa shape index (κ1) is 32.3. The van der Waals surface area contributed by atoms with Gasteiger partial charge in [0.15, 0.2) is 0 Å². The van der Waals surface area contributed by atoms with Gasteiger partial charge in [-0.25, -0.2) is 9.97 Å². The number of hydrogen-bond acceptors (Lipinski definition) is 8. The highest BCUT2D eigenvalue weighted by atomic mass is 32.2. The number of anilines is 1. The Labute approximate surface area is 234 Å². The van der Waals surface area contributed by atoms with Crippen LogP contribution < -0.4 is 10.6 Å². The second kappa shape index (κ2) is 15.0. The molecular formula is C28H50N6O3S. The summed E-state index contributed by atoms with van der Waals surface area (Å²) >= 11 is 1.85. The topological polar surface area (TPSA) is 99.7 Å². The first-order valence-corrected chi connectivity index (χ1v) is 14.8. The molecular weight excluding hydrogens is 500 g/mol. The van der Waals surface area contributed by atoms with Crippen LogP contribution in [-0.2, 0) is 14.9 Å². The summed E-state index contributed by atoms with van der Waals surface area (Å²) in [5.74, 6) is 3.50. The van der Waals surface area contributed by atoms with E-state index in [0.717, 1.165) is 18.1 Å². The maximum atomic E-state index is 14.1. The van der Waals surface area contributed by atoms with Gasteiger partial charge in [0.25, 0.3) is 5.91 Å². The van der Waals surface area contributed by atoms with E-state index in [0.29, 0.717) is 69.6 Å². The zero-order chi connectivity index (χ0) is 27.0. The normalized spacial score (nSPS) is 20.1. The average Bonchev–Trinajstić information content (AvgIpc) is 2.89. The molecule has 10 heteroatoms. The van der Waals surface area contributed by atoms with Gasteiger partial charge in [0, 0.05) is 62.7 Å². The average molecular weight is 551 g/mol. The van der Waals surface area contributed by atoms with Gasteiger partial charge < -0.3 is 25.2 Å². The lowest BCUT2D eigenvalue weighted by atomic mass is 9.92. The fourth-order valence-electron chi connectivity index (χ4n) is 4.75. The number of amides is 2. The van der Waals surface area contributed by atoms with Gasteiger partial charge in [-0.1, -0.05) is 49.0 Å². The molecule has 1 aromatic rings. The largest absolute Gasteiger partial charge is 0.378 e. The molecule has 1 aromatic heterocycles. The Morgan fingerprint density at radius 3 is 2.61 bits per heavy atom. The third-order valence-corrected chi connectivity index (χ3v) is 7.60. The van der Waals surface area contributed by atoms with Crippen LogP contribution in [0.1, 0.15) is 71.6 Å². The van der Waals surface area contributed by atoms with Crippen molar-refractivity contribution in [2.45, 2.75) is 66.8 Å².